The van der Waals surface area contributed by atoms with E-state index >= 15 is 0 Å². The topological polar surface area (TPSA) is 12.0 Å². The van der Waals surface area contributed by atoms with Crippen LogP contribution in [-0.4, -0.2) is 0 Å². The van der Waals surface area contributed by atoms with Gasteiger partial charge >= 0.3 is 0 Å². The summed E-state index contributed by atoms with van der Waals surface area (Å²) in [4.78, 5) is 0. The second-order valence-electron chi connectivity index (χ2n) is 7.96. The lowest BCUT2D eigenvalue weighted by atomic mass is 9.75. The van der Waals surface area contributed by atoms with Crippen molar-refractivity contribution in [1.82, 2.24) is 5.32 Å². The van der Waals surface area contributed by atoms with Gasteiger partial charge in [0.1, 0.15) is 0 Å². The molecule has 19 heavy (non-hydrogen) atoms. The average molecular weight is 282 g/mol. The first kappa shape index (κ1) is 16.7. The van der Waals surface area contributed by atoms with Crippen LogP contribution in [0.5, 0.6) is 0 Å². The van der Waals surface area contributed by atoms with E-state index in [4.69, 9.17) is 0 Å². The molecule has 0 aromatic rings. The molecule has 0 spiro atoms. The molecule has 0 bridgehead atoms. The van der Waals surface area contributed by atoms with Crippen molar-refractivity contribution < 1.29 is 0 Å². The first-order valence-corrected chi connectivity index (χ1v) is 8.30. The van der Waals surface area contributed by atoms with Gasteiger partial charge in [0, 0.05) is 11.6 Å². The van der Waals surface area contributed by atoms with Gasteiger partial charge in [0.05, 0.1) is 5.03 Å². The monoisotopic (exact) mass is 281 g/mol. The van der Waals surface area contributed by atoms with Gasteiger partial charge in [0.2, 0.25) is 0 Å². The summed E-state index contributed by atoms with van der Waals surface area (Å²) in [5, 5.41) is 6.77. The van der Waals surface area contributed by atoms with Crippen LogP contribution in [0, 0.1) is 16.7 Å². The van der Waals surface area contributed by atoms with Crippen molar-refractivity contribution in [3.05, 3.63) is 22.7 Å². The number of allylic oxidation sites excluding steroid dienone is 1. The third kappa shape index (κ3) is 6.07. The summed E-state index contributed by atoms with van der Waals surface area (Å²) in [5.41, 5.74) is 2.15. The molecule has 1 aliphatic heterocycles. The Kier molecular flexibility index (Phi) is 5.61. The van der Waals surface area contributed by atoms with Crippen molar-refractivity contribution in [2.45, 2.75) is 67.2 Å². The molecular weight excluding hydrogens is 250 g/mol. The molecule has 1 N–H and O–H groups in total. The highest BCUT2D eigenvalue weighted by Gasteiger charge is 2.29. The zero-order valence-corrected chi connectivity index (χ0v) is 14.4. The highest BCUT2D eigenvalue weighted by Crippen LogP contribution is 2.40. The molecule has 1 rings (SSSR count). The largest absolute Gasteiger partial charge is 0.353 e. The van der Waals surface area contributed by atoms with E-state index in [2.05, 4.69) is 58.8 Å². The molecule has 0 saturated heterocycles. The van der Waals surface area contributed by atoms with Gasteiger partial charge in [-0.1, -0.05) is 72.7 Å². The Labute approximate surface area is 124 Å². The Bertz CT molecular complexity index is 341. The average Bonchev–Trinajstić information content (AvgIpc) is 2.60. The predicted molar refractivity (Wildman–Crippen MR) is 88.8 cm³/mol. The lowest BCUT2D eigenvalue weighted by Crippen LogP contribution is -2.27. The van der Waals surface area contributed by atoms with Crippen LogP contribution in [0.4, 0.5) is 0 Å². The highest BCUT2D eigenvalue weighted by molar-refractivity contribution is 8.06. The Hall–Kier alpha value is -0.370. The van der Waals surface area contributed by atoms with E-state index in [0.717, 1.165) is 5.03 Å². The Morgan fingerprint density at radius 1 is 1.16 bits per heavy atom. The standard InChI is InChI=1S/C17H31NS/c1-13-18-15(12-19-13)14(17(5,6)7)10-8-9-11-16(2,3)4/h12,14,18H,1,8-11H2,2-7H3. The molecule has 1 nitrogen and oxygen atoms in total. The van der Waals surface area contributed by atoms with Crippen molar-refractivity contribution in [1.29, 1.82) is 0 Å². The van der Waals surface area contributed by atoms with Crippen LogP contribution < -0.4 is 5.32 Å². The van der Waals surface area contributed by atoms with Crippen molar-refractivity contribution in [2.24, 2.45) is 16.7 Å². The number of hydrogen-bond donors (Lipinski definition) is 1. The molecular formula is C17H31NS. The van der Waals surface area contributed by atoms with Crippen molar-refractivity contribution in [2.75, 3.05) is 0 Å². The molecule has 0 aliphatic carbocycles. The predicted octanol–water partition coefficient (Wildman–Crippen LogP) is 5.90. The van der Waals surface area contributed by atoms with Gasteiger partial charge in [-0.2, -0.15) is 0 Å². The fraction of sp³-hybridized carbons (Fsp3) is 0.765. The van der Waals surface area contributed by atoms with Gasteiger partial charge in [0.15, 0.2) is 0 Å². The number of unbranched alkanes of at least 4 members (excludes halogenated alkanes) is 1. The van der Waals surface area contributed by atoms with Gasteiger partial charge in [-0.05, 0) is 29.1 Å². The molecule has 0 fully saturated rings. The first-order chi connectivity index (χ1) is 8.59. The number of thioether (sulfide) groups is 1. The highest BCUT2D eigenvalue weighted by atomic mass is 32.2. The molecule has 1 heterocycles. The van der Waals surface area contributed by atoms with Crippen LogP contribution >= 0.6 is 11.8 Å². The van der Waals surface area contributed by atoms with Gasteiger partial charge in [-0.15, -0.1) is 0 Å². The maximum Gasteiger partial charge on any atom is 0.0693 e. The van der Waals surface area contributed by atoms with E-state index in [1.54, 1.807) is 11.8 Å². The van der Waals surface area contributed by atoms with Gasteiger partial charge in [-0.3, -0.25) is 0 Å². The summed E-state index contributed by atoms with van der Waals surface area (Å²) in [6.45, 7) is 18.0. The molecule has 0 aromatic carbocycles. The maximum atomic E-state index is 4.00. The maximum absolute atomic E-state index is 4.00. The van der Waals surface area contributed by atoms with Crippen molar-refractivity contribution >= 4 is 11.8 Å². The lowest BCUT2D eigenvalue weighted by molar-refractivity contribution is 0.246. The quantitative estimate of drug-likeness (QED) is 0.629. The van der Waals surface area contributed by atoms with Gasteiger partial charge < -0.3 is 5.32 Å². The van der Waals surface area contributed by atoms with E-state index in [0.29, 0.717) is 16.7 Å². The van der Waals surface area contributed by atoms with E-state index in [1.807, 2.05) is 0 Å². The molecule has 1 atom stereocenters. The summed E-state index contributed by atoms with van der Waals surface area (Å²) in [7, 11) is 0. The van der Waals surface area contributed by atoms with E-state index in [1.165, 1.54) is 31.4 Å². The van der Waals surface area contributed by atoms with Crippen LogP contribution in [-0.2, 0) is 0 Å². The third-order valence-electron chi connectivity index (χ3n) is 3.70. The minimum atomic E-state index is 0.311. The minimum absolute atomic E-state index is 0.311. The molecule has 0 amide bonds. The SMILES string of the molecule is C=C1NC(C(CCCCC(C)(C)C)C(C)(C)C)=CS1. The summed E-state index contributed by atoms with van der Waals surface area (Å²) < 4.78 is 0. The minimum Gasteiger partial charge on any atom is -0.353 e. The van der Waals surface area contributed by atoms with E-state index < -0.39 is 0 Å². The fourth-order valence-electron chi connectivity index (χ4n) is 2.58. The van der Waals surface area contributed by atoms with Crippen LogP contribution in [0.1, 0.15) is 67.2 Å². The fourth-order valence-corrected chi connectivity index (χ4v) is 3.25. The van der Waals surface area contributed by atoms with E-state index in [-0.39, 0.29) is 0 Å². The summed E-state index contributed by atoms with van der Waals surface area (Å²) >= 11 is 1.73. The lowest BCUT2D eigenvalue weighted by Gasteiger charge is -2.32. The summed E-state index contributed by atoms with van der Waals surface area (Å²) in [6, 6.07) is 0. The number of nitrogens with one attached hydrogen (secondary N) is 1. The van der Waals surface area contributed by atoms with Gasteiger partial charge in [-0.25, -0.2) is 0 Å². The van der Waals surface area contributed by atoms with Crippen LogP contribution in [0.15, 0.2) is 22.7 Å². The number of rotatable bonds is 5. The molecule has 1 aliphatic rings. The second-order valence-corrected chi connectivity index (χ2v) is 8.93. The van der Waals surface area contributed by atoms with Crippen LogP contribution in [0.2, 0.25) is 0 Å². The normalized spacial score (nSPS) is 18.2. The first-order valence-electron chi connectivity index (χ1n) is 7.42. The third-order valence-corrected chi connectivity index (χ3v) is 4.46. The molecule has 2 heteroatoms. The van der Waals surface area contributed by atoms with Crippen LogP contribution in [0.3, 0.4) is 0 Å². The number of hydrogen-bond acceptors (Lipinski definition) is 2. The van der Waals surface area contributed by atoms with E-state index in [9.17, 15) is 0 Å². The molecule has 0 saturated carbocycles. The van der Waals surface area contributed by atoms with Crippen molar-refractivity contribution in [3.63, 3.8) is 0 Å². The molecule has 0 aromatic heterocycles. The van der Waals surface area contributed by atoms with Crippen molar-refractivity contribution in [3.8, 4) is 0 Å². The zero-order chi connectivity index (χ0) is 14.7. The Balaban J connectivity index is 2.51. The molecule has 110 valence electrons. The summed E-state index contributed by atoms with van der Waals surface area (Å²) in [5.74, 6) is 0.610. The van der Waals surface area contributed by atoms with Crippen LogP contribution in [0.25, 0.3) is 0 Å². The zero-order valence-electron chi connectivity index (χ0n) is 13.6. The second kappa shape index (κ2) is 6.39. The Morgan fingerprint density at radius 3 is 2.21 bits per heavy atom. The Morgan fingerprint density at radius 2 is 1.79 bits per heavy atom. The van der Waals surface area contributed by atoms with Gasteiger partial charge in [0.25, 0.3) is 0 Å². The smallest absolute Gasteiger partial charge is 0.0693 e. The molecule has 0 radical (unpaired) electrons. The molecule has 1 unspecified atom stereocenters. The summed E-state index contributed by atoms with van der Waals surface area (Å²) in [6.07, 6.45) is 5.23.